The number of carbonyl (C=O) groups is 1. The number of ether oxygens (including phenoxy) is 1. The van der Waals surface area contributed by atoms with Crippen molar-refractivity contribution in [2.45, 2.75) is 13.5 Å². The molecule has 112 valence electrons. The molecule has 0 aliphatic carbocycles. The lowest BCUT2D eigenvalue weighted by Gasteiger charge is -2.09. The summed E-state index contributed by atoms with van der Waals surface area (Å²) in [5.41, 5.74) is 0.362. The molecule has 0 saturated heterocycles. The quantitative estimate of drug-likeness (QED) is 0.687. The van der Waals surface area contributed by atoms with Crippen LogP contribution in [-0.4, -0.2) is 11.1 Å². The zero-order valence-corrected chi connectivity index (χ0v) is 11.4. The molecule has 0 spiro atoms. The molecule has 0 atom stereocenters. The van der Waals surface area contributed by atoms with Crippen molar-refractivity contribution in [2.24, 2.45) is 0 Å². The molecule has 0 radical (unpaired) electrons. The summed E-state index contributed by atoms with van der Waals surface area (Å²) in [7, 11) is 0. The van der Waals surface area contributed by atoms with Crippen molar-refractivity contribution in [1.29, 1.82) is 0 Å². The van der Waals surface area contributed by atoms with Gasteiger partial charge >= 0.3 is 5.97 Å². The second-order valence-corrected chi connectivity index (χ2v) is 5.34. The number of aromatic carboxylic acids is 1. The standard InChI is InChI=1S/C13H8F4O3S/c1-5-6(2-9(21-5)13(18)19)4-20-12-10(16)7(14)3-8(15)11(12)17/h2-3H,4H2,1H3,(H,18,19). The van der Waals surface area contributed by atoms with Crippen molar-refractivity contribution in [3.8, 4) is 5.75 Å². The molecule has 0 unspecified atom stereocenters. The van der Waals surface area contributed by atoms with Crippen LogP contribution in [0.5, 0.6) is 5.75 Å². The maximum atomic E-state index is 13.4. The Morgan fingerprint density at radius 2 is 1.76 bits per heavy atom. The summed E-state index contributed by atoms with van der Waals surface area (Å²) in [6.45, 7) is 1.18. The van der Waals surface area contributed by atoms with Crippen LogP contribution >= 0.6 is 11.3 Å². The third kappa shape index (κ3) is 2.99. The predicted octanol–water partition coefficient (Wildman–Crippen LogP) is 3.89. The minimum atomic E-state index is -1.64. The Morgan fingerprint density at radius 3 is 2.24 bits per heavy atom. The minimum Gasteiger partial charge on any atom is -0.483 e. The van der Waals surface area contributed by atoms with Gasteiger partial charge in [0.1, 0.15) is 11.5 Å². The van der Waals surface area contributed by atoms with Crippen LogP contribution in [0.15, 0.2) is 12.1 Å². The molecule has 2 aromatic rings. The lowest BCUT2D eigenvalue weighted by atomic mass is 10.2. The molecular formula is C13H8F4O3S. The number of hydrogen-bond donors (Lipinski definition) is 1. The Bertz CT molecular complexity index is 686. The monoisotopic (exact) mass is 320 g/mol. The van der Waals surface area contributed by atoms with E-state index in [9.17, 15) is 22.4 Å². The van der Waals surface area contributed by atoms with Crippen molar-refractivity contribution in [2.75, 3.05) is 0 Å². The molecule has 0 saturated carbocycles. The van der Waals surface area contributed by atoms with Crippen LogP contribution in [-0.2, 0) is 6.61 Å². The second-order valence-electron chi connectivity index (χ2n) is 4.08. The summed E-state index contributed by atoms with van der Waals surface area (Å²) in [4.78, 5) is 11.4. The van der Waals surface area contributed by atoms with E-state index in [1.165, 1.54) is 6.07 Å². The van der Waals surface area contributed by atoms with E-state index < -0.39 is 41.6 Å². The molecule has 8 heteroatoms. The summed E-state index contributed by atoms with van der Waals surface area (Å²) < 4.78 is 57.5. The van der Waals surface area contributed by atoms with E-state index >= 15 is 0 Å². The fourth-order valence-corrected chi connectivity index (χ4v) is 2.46. The normalized spacial score (nSPS) is 10.7. The van der Waals surface area contributed by atoms with Gasteiger partial charge in [0.25, 0.3) is 0 Å². The second kappa shape index (κ2) is 5.72. The maximum absolute atomic E-state index is 13.4. The van der Waals surface area contributed by atoms with Gasteiger partial charge in [0.2, 0.25) is 11.6 Å². The summed E-state index contributed by atoms with van der Waals surface area (Å²) in [5.74, 6) is -8.74. The van der Waals surface area contributed by atoms with Gasteiger partial charge in [-0.2, -0.15) is 8.78 Å². The van der Waals surface area contributed by atoms with Crippen LogP contribution in [0.2, 0.25) is 0 Å². The predicted molar refractivity (Wildman–Crippen MR) is 66.6 cm³/mol. The van der Waals surface area contributed by atoms with Crippen LogP contribution in [0.4, 0.5) is 17.6 Å². The maximum Gasteiger partial charge on any atom is 0.345 e. The number of hydrogen-bond acceptors (Lipinski definition) is 3. The number of carboxylic acid groups (broad SMARTS) is 1. The van der Waals surface area contributed by atoms with Gasteiger partial charge in [-0.25, -0.2) is 13.6 Å². The Balaban J connectivity index is 2.27. The first kappa shape index (κ1) is 15.3. The fraction of sp³-hybridized carbons (Fsp3) is 0.154. The number of benzene rings is 1. The van der Waals surface area contributed by atoms with E-state index in [4.69, 9.17) is 9.84 Å². The molecule has 1 aromatic heterocycles. The Labute approximate surface area is 120 Å². The summed E-state index contributed by atoms with van der Waals surface area (Å²) in [6.07, 6.45) is 0. The Morgan fingerprint density at radius 1 is 1.19 bits per heavy atom. The average Bonchev–Trinajstić information content (AvgIpc) is 2.78. The molecule has 1 N–H and O–H groups in total. The van der Waals surface area contributed by atoms with Crippen LogP contribution in [0.1, 0.15) is 20.1 Å². The highest BCUT2D eigenvalue weighted by Crippen LogP contribution is 2.29. The van der Waals surface area contributed by atoms with Crippen molar-refractivity contribution < 1.29 is 32.2 Å². The molecule has 0 fully saturated rings. The van der Waals surface area contributed by atoms with Gasteiger partial charge < -0.3 is 9.84 Å². The first-order valence-electron chi connectivity index (χ1n) is 5.59. The molecule has 21 heavy (non-hydrogen) atoms. The van der Waals surface area contributed by atoms with Crippen LogP contribution in [0.3, 0.4) is 0 Å². The van der Waals surface area contributed by atoms with Gasteiger partial charge in [-0.1, -0.05) is 0 Å². The van der Waals surface area contributed by atoms with E-state index in [0.717, 1.165) is 11.3 Å². The average molecular weight is 320 g/mol. The van der Waals surface area contributed by atoms with Crippen LogP contribution in [0, 0.1) is 30.2 Å². The number of thiophene rings is 1. The number of aryl methyl sites for hydroxylation is 1. The van der Waals surface area contributed by atoms with Gasteiger partial charge in [-0.05, 0) is 13.0 Å². The molecule has 1 aromatic carbocycles. The molecule has 1 heterocycles. The third-order valence-corrected chi connectivity index (χ3v) is 3.76. The molecule has 0 amide bonds. The number of halogens is 4. The van der Waals surface area contributed by atoms with Crippen molar-refractivity contribution in [1.82, 2.24) is 0 Å². The van der Waals surface area contributed by atoms with Gasteiger partial charge in [0.15, 0.2) is 17.4 Å². The molecule has 0 bridgehead atoms. The fourth-order valence-electron chi connectivity index (χ4n) is 1.60. The van der Waals surface area contributed by atoms with E-state index in [-0.39, 0.29) is 10.9 Å². The van der Waals surface area contributed by atoms with E-state index in [1.807, 2.05) is 0 Å². The number of rotatable bonds is 4. The van der Waals surface area contributed by atoms with Crippen LogP contribution < -0.4 is 4.74 Å². The summed E-state index contributed by atoms with van der Waals surface area (Å²) in [5, 5.41) is 8.82. The summed E-state index contributed by atoms with van der Waals surface area (Å²) in [6, 6.07) is 1.35. The van der Waals surface area contributed by atoms with E-state index in [2.05, 4.69) is 0 Å². The first-order chi connectivity index (χ1) is 9.81. The lowest BCUT2D eigenvalue weighted by Crippen LogP contribution is -2.04. The molecule has 2 rings (SSSR count). The molecule has 0 aliphatic heterocycles. The zero-order chi connectivity index (χ0) is 15.7. The summed E-state index contributed by atoms with van der Waals surface area (Å²) >= 11 is 0.957. The third-order valence-electron chi connectivity index (χ3n) is 2.67. The van der Waals surface area contributed by atoms with Crippen molar-refractivity contribution in [3.63, 3.8) is 0 Å². The highest BCUT2D eigenvalue weighted by molar-refractivity contribution is 7.14. The lowest BCUT2D eigenvalue weighted by molar-refractivity contribution is 0.0702. The van der Waals surface area contributed by atoms with Gasteiger partial charge in [-0.15, -0.1) is 11.3 Å². The smallest absolute Gasteiger partial charge is 0.345 e. The largest absolute Gasteiger partial charge is 0.483 e. The highest BCUT2D eigenvalue weighted by atomic mass is 32.1. The molecule has 0 aliphatic rings. The van der Waals surface area contributed by atoms with Crippen molar-refractivity contribution >= 4 is 17.3 Å². The van der Waals surface area contributed by atoms with Gasteiger partial charge in [0, 0.05) is 16.5 Å². The molecular weight excluding hydrogens is 312 g/mol. The van der Waals surface area contributed by atoms with Crippen molar-refractivity contribution in [3.05, 3.63) is 50.7 Å². The topological polar surface area (TPSA) is 46.5 Å². The highest BCUT2D eigenvalue weighted by Gasteiger charge is 2.21. The SMILES string of the molecule is Cc1sc(C(=O)O)cc1COc1c(F)c(F)cc(F)c1F. The Hall–Kier alpha value is -2.09. The molecule has 3 nitrogen and oxygen atoms in total. The zero-order valence-electron chi connectivity index (χ0n) is 10.5. The minimum absolute atomic E-state index is 0.0254. The van der Waals surface area contributed by atoms with Gasteiger partial charge in [-0.3, -0.25) is 0 Å². The van der Waals surface area contributed by atoms with E-state index in [0.29, 0.717) is 10.4 Å². The first-order valence-corrected chi connectivity index (χ1v) is 6.41. The Kier molecular flexibility index (Phi) is 4.17. The number of carboxylic acids is 1. The van der Waals surface area contributed by atoms with Gasteiger partial charge in [0.05, 0.1) is 0 Å². The van der Waals surface area contributed by atoms with E-state index in [1.54, 1.807) is 6.92 Å². The van der Waals surface area contributed by atoms with Crippen LogP contribution in [0.25, 0.3) is 0 Å².